The second-order valence-corrected chi connectivity index (χ2v) is 8.61. The highest BCUT2D eigenvalue weighted by molar-refractivity contribution is 5.93. The molecule has 0 aliphatic heterocycles. The Morgan fingerprint density at radius 3 is 2.15 bits per heavy atom. The van der Waals surface area contributed by atoms with Crippen LogP contribution in [0.25, 0.3) is 21.9 Å². The van der Waals surface area contributed by atoms with E-state index in [-0.39, 0.29) is 78.4 Å². The van der Waals surface area contributed by atoms with Crippen LogP contribution in [0.1, 0.15) is 25.7 Å². The van der Waals surface area contributed by atoms with Crippen LogP contribution in [-0.4, -0.2) is 68.7 Å². The fourth-order valence-corrected chi connectivity index (χ4v) is 3.80. The van der Waals surface area contributed by atoms with E-state index in [2.05, 4.69) is 16.0 Å². The molecule has 0 aliphatic rings. The fourth-order valence-electron chi connectivity index (χ4n) is 3.80. The monoisotopic (exact) mass is 630 g/mol. The summed E-state index contributed by atoms with van der Waals surface area (Å²) < 4.78 is 11.4. The summed E-state index contributed by atoms with van der Waals surface area (Å²) in [5.74, 6) is 0.117. The summed E-state index contributed by atoms with van der Waals surface area (Å²) in [4.78, 5) is 12.7. The molecule has 224 valence electrons. The Balaban J connectivity index is 0. The molecule has 1 unspecified atom stereocenters. The van der Waals surface area contributed by atoms with Gasteiger partial charge < -0.3 is 41.1 Å². The van der Waals surface area contributed by atoms with E-state index in [1.807, 2.05) is 0 Å². The number of fused-ring (bicyclic) bond motifs is 2. The van der Waals surface area contributed by atoms with Gasteiger partial charge in [-0.25, -0.2) is 0 Å². The van der Waals surface area contributed by atoms with Gasteiger partial charge in [0.1, 0.15) is 40.8 Å². The summed E-state index contributed by atoms with van der Waals surface area (Å²) in [5, 5.41) is 31.1. The topological polar surface area (TPSA) is 142 Å². The highest BCUT2D eigenvalue weighted by atomic mass is 35.5. The lowest BCUT2D eigenvalue weighted by atomic mass is 10.1. The Morgan fingerprint density at radius 1 is 0.846 bits per heavy atom. The number of ether oxygens (including phenoxy) is 1. The van der Waals surface area contributed by atoms with Gasteiger partial charge in [-0.3, -0.25) is 4.79 Å². The molecule has 0 spiro atoms. The van der Waals surface area contributed by atoms with E-state index in [1.165, 1.54) is 6.07 Å². The summed E-state index contributed by atoms with van der Waals surface area (Å²) in [5.41, 5.74) is 5.85. The first kappa shape index (κ1) is 39.6. The van der Waals surface area contributed by atoms with Crippen molar-refractivity contribution in [2.75, 3.05) is 52.4 Å². The number of nitrogens with one attached hydrogen (secondary N) is 3. The molecule has 9 nitrogen and oxygen atoms in total. The average molecular weight is 632 g/mol. The minimum atomic E-state index is -0.712. The molecular weight excluding hydrogens is 590 g/mol. The van der Waals surface area contributed by atoms with Gasteiger partial charge in [0.25, 0.3) is 0 Å². The molecule has 0 amide bonds. The zero-order chi connectivity index (χ0) is 24.9. The van der Waals surface area contributed by atoms with Crippen molar-refractivity contribution in [2.24, 2.45) is 5.73 Å². The summed E-state index contributed by atoms with van der Waals surface area (Å²) >= 11 is 0. The molecule has 0 saturated heterocycles. The lowest BCUT2D eigenvalue weighted by Crippen LogP contribution is -2.33. The number of phenolic OH excluding ortho intramolecular Hbond substituents is 1. The molecule has 1 heterocycles. The van der Waals surface area contributed by atoms with Crippen LogP contribution in [0.2, 0.25) is 0 Å². The Labute approximate surface area is 254 Å². The van der Waals surface area contributed by atoms with Gasteiger partial charge in [0.05, 0.1) is 5.39 Å². The highest BCUT2D eigenvalue weighted by Crippen LogP contribution is 2.30. The predicted molar refractivity (Wildman–Crippen MR) is 168 cm³/mol. The number of phenols is 1. The molecule has 1 aromatic heterocycles. The van der Waals surface area contributed by atoms with Crippen molar-refractivity contribution in [3.63, 3.8) is 0 Å². The standard InChI is InChI=1S/C26H38N4O5.4ClH/c27-9-5-12-28-10-3-4-11-29-13-6-14-30-17-19(31)18-34-20-15-22(32)25-24(16-20)35-23-8-2-1-7-21(23)26(25)33;;;;/h1-2,7-8,15-16,19,28-32H,3-6,9-14,17-18,27H2;4*1H. The van der Waals surface area contributed by atoms with Gasteiger partial charge in [-0.1, -0.05) is 12.1 Å². The number of aromatic hydroxyl groups is 1. The van der Waals surface area contributed by atoms with E-state index in [9.17, 15) is 15.0 Å². The summed E-state index contributed by atoms with van der Waals surface area (Å²) in [6.07, 6.45) is 3.57. The SMILES string of the molecule is Cl.Cl.Cl.Cl.NCCCNCCCCNCCCNCC(O)COc1cc(O)c2c(=O)c3ccccc3oc2c1. The van der Waals surface area contributed by atoms with Crippen molar-refractivity contribution in [3.05, 3.63) is 46.6 Å². The van der Waals surface area contributed by atoms with Gasteiger partial charge in [0, 0.05) is 18.7 Å². The van der Waals surface area contributed by atoms with E-state index >= 15 is 0 Å². The first-order valence-electron chi connectivity index (χ1n) is 12.4. The van der Waals surface area contributed by atoms with Crippen molar-refractivity contribution in [1.82, 2.24) is 16.0 Å². The number of nitrogens with two attached hydrogens (primary N) is 1. The normalized spacial score (nSPS) is 11.1. The van der Waals surface area contributed by atoms with Crippen molar-refractivity contribution in [2.45, 2.75) is 31.8 Å². The Morgan fingerprint density at radius 2 is 1.46 bits per heavy atom. The van der Waals surface area contributed by atoms with Crippen LogP contribution in [-0.2, 0) is 0 Å². The number of unbranched alkanes of at least 4 members (excludes halogenated alkanes) is 1. The van der Waals surface area contributed by atoms with E-state index in [4.69, 9.17) is 14.9 Å². The smallest absolute Gasteiger partial charge is 0.204 e. The number of hydrogen-bond donors (Lipinski definition) is 6. The van der Waals surface area contributed by atoms with Crippen LogP contribution in [0.4, 0.5) is 0 Å². The Kier molecular flexibility index (Phi) is 22.5. The zero-order valence-corrected chi connectivity index (χ0v) is 25.1. The molecule has 7 N–H and O–H groups in total. The Bertz CT molecular complexity index is 1120. The van der Waals surface area contributed by atoms with Gasteiger partial charge in [-0.15, -0.1) is 49.6 Å². The minimum absolute atomic E-state index is 0. The number of halogens is 4. The van der Waals surface area contributed by atoms with E-state index in [0.717, 1.165) is 65.0 Å². The first-order valence-corrected chi connectivity index (χ1v) is 12.4. The van der Waals surface area contributed by atoms with E-state index in [0.29, 0.717) is 23.3 Å². The second-order valence-electron chi connectivity index (χ2n) is 8.61. The van der Waals surface area contributed by atoms with Crippen LogP contribution in [0.3, 0.4) is 0 Å². The molecule has 0 radical (unpaired) electrons. The van der Waals surface area contributed by atoms with Crippen molar-refractivity contribution >= 4 is 71.6 Å². The molecule has 0 bridgehead atoms. The molecule has 3 rings (SSSR count). The van der Waals surface area contributed by atoms with Crippen LogP contribution < -0.4 is 31.8 Å². The third-order valence-electron chi connectivity index (χ3n) is 5.68. The fraction of sp³-hybridized carbons (Fsp3) is 0.500. The molecule has 2 aromatic carbocycles. The zero-order valence-electron chi connectivity index (χ0n) is 21.9. The number of rotatable bonds is 17. The number of benzene rings is 2. The third kappa shape index (κ3) is 13.1. The van der Waals surface area contributed by atoms with Crippen molar-refractivity contribution < 1.29 is 19.4 Å². The first-order chi connectivity index (χ1) is 17.1. The van der Waals surface area contributed by atoms with Gasteiger partial charge in [-0.05, 0) is 77.1 Å². The van der Waals surface area contributed by atoms with Crippen molar-refractivity contribution in [3.8, 4) is 11.5 Å². The van der Waals surface area contributed by atoms with Crippen LogP contribution in [0.5, 0.6) is 11.5 Å². The lowest BCUT2D eigenvalue weighted by molar-refractivity contribution is 0.106. The third-order valence-corrected chi connectivity index (χ3v) is 5.68. The van der Waals surface area contributed by atoms with Gasteiger partial charge in [-0.2, -0.15) is 0 Å². The second kappa shape index (κ2) is 22.2. The quantitative estimate of drug-likeness (QED) is 0.0976. The van der Waals surface area contributed by atoms with Gasteiger partial charge >= 0.3 is 0 Å². The predicted octanol–water partition coefficient (Wildman–Crippen LogP) is 3.37. The summed E-state index contributed by atoms with van der Waals surface area (Å²) in [6, 6.07) is 9.82. The lowest BCUT2D eigenvalue weighted by Gasteiger charge is -2.14. The molecular formula is C26H42Cl4N4O5. The Hall–Kier alpha value is -1.53. The van der Waals surface area contributed by atoms with Gasteiger partial charge in [0.15, 0.2) is 0 Å². The van der Waals surface area contributed by atoms with E-state index < -0.39 is 6.10 Å². The van der Waals surface area contributed by atoms with Gasteiger partial charge in [0.2, 0.25) is 5.43 Å². The summed E-state index contributed by atoms with van der Waals surface area (Å²) in [6.45, 7) is 5.93. The maximum Gasteiger partial charge on any atom is 0.204 e. The molecule has 3 aromatic rings. The molecule has 0 saturated carbocycles. The number of hydrogen-bond acceptors (Lipinski definition) is 9. The maximum atomic E-state index is 12.7. The highest BCUT2D eigenvalue weighted by Gasteiger charge is 2.14. The minimum Gasteiger partial charge on any atom is -0.507 e. The molecule has 0 aliphatic carbocycles. The van der Waals surface area contributed by atoms with Crippen molar-refractivity contribution in [1.29, 1.82) is 0 Å². The number of aliphatic hydroxyl groups is 1. The van der Waals surface area contributed by atoms with E-state index in [1.54, 1.807) is 30.3 Å². The van der Waals surface area contributed by atoms with Crippen LogP contribution >= 0.6 is 49.6 Å². The summed E-state index contributed by atoms with van der Waals surface area (Å²) in [7, 11) is 0. The average Bonchev–Trinajstić information content (AvgIpc) is 2.85. The molecule has 39 heavy (non-hydrogen) atoms. The van der Waals surface area contributed by atoms with Crippen LogP contribution in [0, 0.1) is 0 Å². The maximum absolute atomic E-state index is 12.7. The molecule has 1 atom stereocenters. The molecule has 13 heteroatoms. The number of para-hydroxylation sites is 1. The number of aliphatic hydroxyl groups excluding tert-OH is 1. The largest absolute Gasteiger partial charge is 0.507 e. The van der Waals surface area contributed by atoms with Crippen LogP contribution in [0.15, 0.2) is 45.6 Å². The molecule has 0 fully saturated rings.